The molecule has 4 rings (SSSR count). The third kappa shape index (κ3) is 5.31. The number of hydrogen-bond donors (Lipinski definition) is 0. The van der Waals surface area contributed by atoms with E-state index >= 15 is 0 Å². The normalized spacial score (nSPS) is 23.5. The molecule has 0 spiro atoms. The van der Waals surface area contributed by atoms with Crippen LogP contribution in [0.3, 0.4) is 0 Å². The van der Waals surface area contributed by atoms with E-state index in [4.69, 9.17) is 0 Å². The lowest BCUT2D eigenvalue weighted by Gasteiger charge is -2.40. The molecule has 0 N–H and O–H groups in total. The second kappa shape index (κ2) is 10.2. The molecule has 1 aromatic rings. The van der Waals surface area contributed by atoms with Gasteiger partial charge in [0.05, 0.1) is 6.04 Å². The predicted molar refractivity (Wildman–Crippen MR) is 123 cm³/mol. The molecule has 1 saturated carbocycles. The van der Waals surface area contributed by atoms with Crippen molar-refractivity contribution in [3.8, 4) is 0 Å². The highest BCUT2D eigenvalue weighted by molar-refractivity contribution is 5.81. The molecule has 31 heavy (non-hydrogen) atoms. The molecule has 0 radical (unpaired) electrons. The van der Waals surface area contributed by atoms with E-state index in [0.29, 0.717) is 11.8 Å². The number of benzene rings is 1. The standard InChI is InChI=1S/C26H39N3O2/c1-27(2)19-20-10-12-21(13-11-20)24-9-5-6-16-29(24)26(31)23-14-17-28(18-15-23)25(30)22-7-3-4-8-22/h10-13,22-24H,3-9,14-19H2,1-2H3. The van der Waals surface area contributed by atoms with Gasteiger partial charge in [0, 0.05) is 38.0 Å². The average Bonchev–Trinajstić information content (AvgIpc) is 3.33. The number of likely N-dealkylation sites (tertiary alicyclic amines) is 2. The van der Waals surface area contributed by atoms with E-state index in [2.05, 4.69) is 48.2 Å². The molecule has 1 unspecified atom stereocenters. The van der Waals surface area contributed by atoms with E-state index in [1.54, 1.807) is 0 Å². The molecule has 3 fully saturated rings. The van der Waals surface area contributed by atoms with Crippen molar-refractivity contribution in [3.63, 3.8) is 0 Å². The van der Waals surface area contributed by atoms with Crippen molar-refractivity contribution in [2.24, 2.45) is 11.8 Å². The Bertz CT molecular complexity index is 746. The lowest BCUT2D eigenvalue weighted by Crippen LogP contribution is -2.47. The molecule has 1 aliphatic carbocycles. The number of piperidine rings is 2. The Labute approximate surface area is 187 Å². The van der Waals surface area contributed by atoms with Crippen LogP contribution in [-0.4, -0.2) is 60.2 Å². The maximum Gasteiger partial charge on any atom is 0.226 e. The first-order valence-corrected chi connectivity index (χ1v) is 12.4. The van der Waals surface area contributed by atoms with E-state index in [1.165, 1.54) is 30.4 Å². The molecule has 2 aliphatic heterocycles. The molecule has 2 amide bonds. The first-order chi connectivity index (χ1) is 15.0. The predicted octanol–water partition coefficient (Wildman–Crippen LogP) is 4.23. The second-order valence-electron chi connectivity index (χ2n) is 10.1. The summed E-state index contributed by atoms with van der Waals surface area (Å²) in [5.41, 5.74) is 2.58. The zero-order valence-corrected chi connectivity index (χ0v) is 19.4. The summed E-state index contributed by atoms with van der Waals surface area (Å²) in [6.07, 6.45) is 9.47. The summed E-state index contributed by atoms with van der Waals surface area (Å²) in [6, 6.07) is 9.06. The molecular formula is C26H39N3O2. The van der Waals surface area contributed by atoms with Crippen molar-refractivity contribution >= 4 is 11.8 Å². The van der Waals surface area contributed by atoms with Crippen LogP contribution in [0.25, 0.3) is 0 Å². The summed E-state index contributed by atoms with van der Waals surface area (Å²) in [5.74, 6) is 0.975. The highest BCUT2D eigenvalue weighted by Crippen LogP contribution is 2.34. The van der Waals surface area contributed by atoms with E-state index < -0.39 is 0 Å². The van der Waals surface area contributed by atoms with Gasteiger partial charge < -0.3 is 14.7 Å². The molecule has 5 nitrogen and oxygen atoms in total. The van der Waals surface area contributed by atoms with E-state index in [1.807, 2.05) is 4.90 Å². The van der Waals surface area contributed by atoms with Crippen molar-refractivity contribution in [2.75, 3.05) is 33.7 Å². The van der Waals surface area contributed by atoms with Crippen molar-refractivity contribution in [1.29, 1.82) is 0 Å². The van der Waals surface area contributed by atoms with Crippen LogP contribution >= 0.6 is 0 Å². The molecule has 1 aromatic carbocycles. The molecule has 170 valence electrons. The highest BCUT2D eigenvalue weighted by Gasteiger charge is 2.36. The fourth-order valence-electron chi connectivity index (χ4n) is 5.76. The van der Waals surface area contributed by atoms with Crippen molar-refractivity contribution in [3.05, 3.63) is 35.4 Å². The van der Waals surface area contributed by atoms with Crippen LogP contribution in [0.5, 0.6) is 0 Å². The number of hydrogen-bond acceptors (Lipinski definition) is 3. The highest BCUT2D eigenvalue weighted by atomic mass is 16.2. The van der Waals surface area contributed by atoms with E-state index in [-0.39, 0.29) is 17.9 Å². The Morgan fingerprint density at radius 3 is 2.06 bits per heavy atom. The number of rotatable bonds is 5. The van der Waals surface area contributed by atoms with E-state index in [9.17, 15) is 9.59 Å². The van der Waals surface area contributed by atoms with Crippen LogP contribution < -0.4 is 0 Å². The molecule has 0 aromatic heterocycles. The van der Waals surface area contributed by atoms with Crippen LogP contribution in [0.2, 0.25) is 0 Å². The summed E-state index contributed by atoms with van der Waals surface area (Å²) >= 11 is 0. The Hall–Kier alpha value is -1.88. The largest absolute Gasteiger partial charge is 0.342 e. The fourth-order valence-corrected chi connectivity index (χ4v) is 5.76. The van der Waals surface area contributed by atoms with Gasteiger partial charge in [-0.25, -0.2) is 0 Å². The molecule has 0 bridgehead atoms. The molecule has 2 saturated heterocycles. The zero-order chi connectivity index (χ0) is 21.8. The van der Waals surface area contributed by atoms with Gasteiger partial charge in [-0.05, 0) is 70.2 Å². The Morgan fingerprint density at radius 1 is 0.806 bits per heavy atom. The minimum atomic E-state index is 0.0706. The summed E-state index contributed by atoms with van der Waals surface area (Å²) in [5, 5.41) is 0. The summed E-state index contributed by atoms with van der Waals surface area (Å²) in [6.45, 7) is 3.31. The Morgan fingerprint density at radius 2 is 1.42 bits per heavy atom. The van der Waals surface area contributed by atoms with E-state index in [0.717, 1.165) is 64.7 Å². The lowest BCUT2D eigenvalue weighted by molar-refractivity contribution is -0.145. The van der Waals surface area contributed by atoms with Crippen LogP contribution in [0.1, 0.15) is 75.0 Å². The van der Waals surface area contributed by atoms with Crippen LogP contribution in [0, 0.1) is 11.8 Å². The smallest absolute Gasteiger partial charge is 0.226 e. The van der Waals surface area contributed by atoms with Crippen molar-refractivity contribution in [2.45, 2.75) is 70.4 Å². The van der Waals surface area contributed by atoms with Gasteiger partial charge in [-0.15, -0.1) is 0 Å². The van der Waals surface area contributed by atoms with Gasteiger partial charge in [0.1, 0.15) is 0 Å². The van der Waals surface area contributed by atoms with Gasteiger partial charge in [-0.1, -0.05) is 37.1 Å². The quantitative estimate of drug-likeness (QED) is 0.709. The first kappa shape index (κ1) is 22.3. The minimum Gasteiger partial charge on any atom is -0.342 e. The molecule has 1 atom stereocenters. The maximum absolute atomic E-state index is 13.5. The topological polar surface area (TPSA) is 43.9 Å². The van der Waals surface area contributed by atoms with Crippen LogP contribution in [0.4, 0.5) is 0 Å². The number of amides is 2. The molecule has 3 aliphatic rings. The monoisotopic (exact) mass is 425 g/mol. The van der Waals surface area contributed by atoms with Gasteiger partial charge in [0.15, 0.2) is 0 Å². The minimum absolute atomic E-state index is 0.0706. The molecule has 2 heterocycles. The van der Waals surface area contributed by atoms with Gasteiger partial charge in [-0.3, -0.25) is 9.59 Å². The lowest BCUT2D eigenvalue weighted by atomic mass is 9.89. The number of carbonyl (C=O) groups excluding carboxylic acids is 2. The number of nitrogens with zero attached hydrogens (tertiary/aromatic N) is 3. The Kier molecular flexibility index (Phi) is 7.31. The fraction of sp³-hybridized carbons (Fsp3) is 0.692. The van der Waals surface area contributed by atoms with Gasteiger partial charge in [-0.2, -0.15) is 0 Å². The van der Waals surface area contributed by atoms with Crippen molar-refractivity contribution in [1.82, 2.24) is 14.7 Å². The first-order valence-electron chi connectivity index (χ1n) is 12.4. The summed E-state index contributed by atoms with van der Waals surface area (Å²) < 4.78 is 0. The SMILES string of the molecule is CN(C)Cc1ccc(C2CCCCN2C(=O)C2CCN(C(=O)C3CCCC3)CC2)cc1. The van der Waals surface area contributed by atoms with Crippen LogP contribution in [0.15, 0.2) is 24.3 Å². The second-order valence-corrected chi connectivity index (χ2v) is 10.1. The van der Waals surface area contributed by atoms with Gasteiger partial charge >= 0.3 is 0 Å². The summed E-state index contributed by atoms with van der Waals surface area (Å²) in [4.78, 5) is 32.6. The van der Waals surface area contributed by atoms with Gasteiger partial charge in [0.25, 0.3) is 0 Å². The van der Waals surface area contributed by atoms with Crippen molar-refractivity contribution < 1.29 is 9.59 Å². The third-order valence-electron chi connectivity index (χ3n) is 7.51. The maximum atomic E-state index is 13.5. The molecule has 5 heteroatoms. The Balaban J connectivity index is 1.37. The zero-order valence-electron chi connectivity index (χ0n) is 19.4. The average molecular weight is 426 g/mol. The summed E-state index contributed by atoms with van der Waals surface area (Å²) in [7, 11) is 4.17. The van der Waals surface area contributed by atoms with Gasteiger partial charge in [0.2, 0.25) is 11.8 Å². The van der Waals surface area contributed by atoms with Crippen LogP contribution in [-0.2, 0) is 16.1 Å². The number of carbonyl (C=O) groups is 2. The third-order valence-corrected chi connectivity index (χ3v) is 7.51. The molecular weight excluding hydrogens is 386 g/mol.